The minimum atomic E-state index is -1.63. The molecule has 8 nitrogen and oxygen atoms in total. The quantitative estimate of drug-likeness (QED) is 0.0545. The standard InChI is InChI=1S/C34H36Cl6O8/c35-21-17-23(37)29(25(27(21)39)31(41)45-15-5-1-3-9-19-11-7-12-19)47-33(43)34(44)48-30-24(38)18-22(36)28(40)26(30)32(42)46-16-6-2-4-10-20-13-8-14-20/h17-20H,1-16H2. The molecular weight excluding hydrogens is 749 g/mol. The lowest BCUT2D eigenvalue weighted by Gasteiger charge is -2.24. The maximum Gasteiger partial charge on any atom is 0.423 e. The normalized spacial score (nSPS) is 14.5. The second kappa shape index (κ2) is 18.9. The summed E-state index contributed by atoms with van der Waals surface area (Å²) in [5.41, 5.74) is -0.899. The lowest BCUT2D eigenvalue weighted by atomic mass is 9.82. The van der Waals surface area contributed by atoms with Crippen LogP contribution in [0.3, 0.4) is 0 Å². The summed E-state index contributed by atoms with van der Waals surface area (Å²) in [7, 11) is 0. The van der Waals surface area contributed by atoms with E-state index in [0.29, 0.717) is 12.8 Å². The summed E-state index contributed by atoms with van der Waals surface area (Å²) in [6.07, 6.45) is 15.0. The fourth-order valence-electron chi connectivity index (χ4n) is 5.45. The van der Waals surface area contributed by atoms with Crippen LogP contribution in [0.2, 0.25) is 30.1 Å². The zero-order valence-corrected chi connectivity index (χ0v) is 30.7. The highest BCUT2D eigenvalue weighted by Crippen LogP contribution is 2.42. The third kappa shape index (κ3) is 10.5. The van der Waals surface area contributed by atoms with E-state index in [2.05, 4.69) is 0 Å². The first-order valence-electron chi connectivity index (χ1n) is 16.1. The van der Waals surface area contributed by atoms with E-state index in [1.807, 2.05) is 0 Å². The number of halogens is 6. The minimum Gasteiger partial charge on any atom is -0.462 e. The van der Waals surface area contributed by atoms with Gasteiger partial charge in [0.25, 0.3) is 0 Å². The summed E-state index contributed by atoms with van der Waals surface area (Å²) in [5.74, 6) is -4.74. The second-order valence-electron chi connectivity index (χ2n) is 12.1. The van der Waals surface area contributed by atoms with Gasteiger partial charge in [-0.15, -0.1) is 0 Å². The van der Waals surface area contributed by atoms with Crippen LogP contribution in [0.1, 0.15) is 111 Å². The van der Waals surface area contributed by atoms with Gasteiger partial charge in [0, 0.05) is 0 Å². The van der Waals surface area contributed by atoms with Gasteiger partial charge in [-0.3, -0.25) is 0 Å². The van der Waals surface area contributed by atoms with Gasteiger partial charge >= 0.3 is 23.9 Å². The lowest BCUT2D eigenvalue weighted by Crippen LogP contribution is -2.27. The molecule has 2 aliphatic carbocycles. The van der Waals surface area contributed by atoms with E-state index in [-0.39, 0.29) is 43.3 Å². The molecule has 0 radical (unpaired) electrons. The highest BCUT2D eigenvalue weighted by molar-refractivity contribution is 6.47. The number of hydrogen-bond donors (Lipinski definition) is 0. The Hall–Kier alpha value is -1.94. The number of carbonyl (C=O) groups excluding carboxylic acids is 4. The van der Waals surface area contributed by atoms with Gasteiger partial charge < -0.3 is 18.9 Å². The smallest absolute Gasteiger partial charge is 0.423 e. The van der Waals surface area contributed by atoms with Crippen LogP contribution in [0.25, 0.3) is 0 Å². The summed E-state index contributed by atoms with van der Waals surface area (Å²) < 4.78 is 21.1. The van der Waals surface area contributed by atoms with Crippen LogP contribution in [-0.2, 0) is 19.1 Å². The average Bonchev–Trinajstić information content (AvgIpc) is 2.99. The number of esters is 4. The molecule has 0 atom stereocenters. The van der Waals surface area contributed by atoms with Crippen molar-refractivity contribution in [3.8, 4) is 11.5 Å². The Bertz CT molecular complexity index is 1390. The van der Waals surface area contributed by atoms with Crippen LogP contribution in [0, 0.1) is 11.8 Å². The number of rotatable bonds is 16. The van der Waals surface area contributed by atoms with Crippen molar-refractivity contribution in [3.05, 3.63) is 53.4 Å². The fourth-order valence-corrected chi connectivity index (χ4v) is 6.89. The van der Waals surface area contributed by atoms with Crippen molar-refractivity contribution in [2.24, 2.45) is 11.8 Å². The van der Waals surface area contributed by atoms with E-state index in [4.69, 9.17) is 88.6 Å². The molecule has 0 N–H and O–H groups in total. The summed E-state index contributed by atoms with van der Waals surface area (Å²) in [4.78, 5) is 51.9. The Morgan fingerprint density at radius 2 is 0.917 bits per heavy atom. The molecule has 14 heteroatoms. The molecule has 2 aromatic carbocycles. The first-order chi connectivity index (χ1) is 23.0. The Kier molecular flexibility index (Phi) is 15.3. The largest absolute Gasteiger partial charge is 0.462 e. The maximum atomic E-state index is 13.0. The molecule has 4 rings (SSSR count). The van der Waals surface area contributed by atoms with Crippen LogP contribution in [-0.4, -0.2) is 37.1 Å². The lowest BCUT2D eigenvalue weighted by molar-refractivity contribution is -0.156. The van der Waals surface area contributed by atoms with Crippen LogP contribution in [0.5, 0.6) is 11.5 Å². The number of unbranched alkanes of at least 4 members (excludes halogenated alkanes) is 4. The predicted octanol–water partition coefficient (Wildman–Crippen LogP) is 11.2. The first-order valence-corrected chi connectivity index (χ1v) is 18.4. The third-order valence-electron chi connectivity index (χ3n) is 8.65. The Balaban J connectivity index is 1.39. The number of hydrogen-bond acceptors (Lipinski definition) is 8. The summed E-state index contributed by atoms with van der Waals surface area (Å²) in [6, 6.07) is 2.27. The number of benzene rings is 2. The van der Waals surface area contributed by atoms with Crippen LogP contribution < -0.4 is 9.47 Å². The first kappa shape index (κ1) is 38.9. The summed E-state index contributed by atoms with van der Waals surface area (Å²) in [6.45, 7) is 0.156. The van der Waals surface area contributed by atoms with Gasteiger partial charge in [0.1, 0.15) is 11.1 Å². The van der Waals surface area contributed by atoms with E-state index in [1.54, 1.807) is 0 Å². The molecule has 262 valence electrons. The second-order valence-corrected chi connectivity index (χ2v) is 14.4. The van der Waals surface area contributed by atoms with E-state index in [9.17, 15) is 19.2 Å². The molecule has 0 bridgehead atoms. The molecule has 2 aromatic rings. The average molecular weight is 785 g/mol. The van der Waals surface area contributed by atoms with Gasteiger partial charge in [-0.2, -0.15) is 0 Å². The van der Waals surface area contributed by atoms with Gasteiger partial charge in [0.2, 0.25) is 0 Å². The molecule has 2 fully saturated rings. The Morgan fingerprint density at radius 1 is 0.542 bits per heavy atom. The predicted molar refractivity (Wildman–Crippen MR) is 186 cm³/mol. The van der Waals surface area contributed by atoms with Crippen molar-refractivity contribution in [3.63, 3.8) is 0 Å². The summed E-state index contributed by atoms with van der Waals surface area (Å²) in [5, 5.41) is -1.42. The van der Waals surface area contributed by atoms with E-state index < -0.39 is 46.5 Å². The van der Waals surface area contributed by atoms with Gasteiger partial charge in [0.05, 0.1) is 43.3 Å². The van der Waals surface area contributed by atoms with Gasteiger partial charge in [0.15, 0.2) is 11.5 Å². The monoisotopic (exact) mass is 782 g/mol. The molecule has 48 heavy (non-hydrogen) atoms. The number of carbonyl (C=O) groups is 4. The molecule has 2 saturated carbocycles. The molecule has 0 heterocycles. The Labute approximate surface area is 309 Å². The minimum absolute atomic E-state index is 0.0779. The molecule has 0 aromatic heterocycles. The molecular formula is C34H36Cl6O8. The SMILES string of the molecule is O=C(Oc1c(Cl)cc(Cl)c(Cl)c1C(=O)OCCCCCC1CCC1)C(=O)Oc1c(Cl)cc(Cl)c(Cl)c1C(=O)OCCCCCC1CCC1. The molecule has 0 amide bonds. The maximum absolute atomic E-state index is 13.0. The van der Waals surface area contributed by atoms with Crippen molar-refractivity contribution < 1.29 is 38.1 Å². The highest BCUT2D eigenvalue weighted by atomic mass is 35.5. The van der Waals surface area contributed by atoms with Crippen LogP contribution >= 0.6 is 69.6 Å². The molecule has 0 spiro atoms. The van der Waals surface area contributed by atoms with Crippen LogP contribution in [0.15, 0.2) is 12.1 Å². The highest BCUT2D eigenvalue weighted by Gasteiger charge is 2.32. The zero-order valence-electron chi connectivity index (χ0n) is 26.2. The number of ether oxygens (including phenoxy) is 4. The van der Waals surface area contributed by atoms with Gasteiger partial charge in [-0.05, 0) is 36.8 Å². The van der Waals surface area contributed by atoms with E-state index in [0.717, 1.165) is 62.5 Å². The zero-order chi connectivity index (χ0) is 34.8. The molecule has 0 unspecified atom stereocenters. The van der Waals surface area contributed by atoms with E-state index >= 15 is 0 Å². The van der Waals surface area contributed by atoms with Crippen molar-refractivity contribution >= 4 is 93.5 Å². The van der Waals surface area contributed by atoms with Crippen molar-refractivity contribution in [2.75, 3.05) is 13.2 Å². The summed E-state index contributed by atoms with van der Waals surface area (Å²) >= 11 is 37.3. The van der Waals surface area contributed by atoms with Crippen molar-refractivity contribution in [2.45, 2.75) is 89.9 Å². The molecule has 0 aliphatic heterocycles. The van der Waals surface area contributed by atoms with Crippen molar-refractivity contribution in [1.29, 1.82) is 0 Å². The third-order valence-corrected chi connectivity index (χ3v) is 10.8. The molecule has 2 aliphatic rings. The van der Waals surface area contributed by atoms with Gasteiger partial charge in [-0.25, -0.2) is 19.2 Å². The van der Waals surface area contributed by atoms with Crippen LogP contribution in [0.4, 0.5) is 0 Å². The topological polar surface area (TPSA) is 105 Å². The van der Waals surface area contributed by atoms with Gasteiger partial charge in [-0.1, -0.05) is 147 Å². The molecule has 0 saturated heterocycles. The van der Waals surface area contributed by atoms with Crippen molar-refractivity contribution in [1.82, 2.24) is 0 Å². The van der Waals surface area contributed by atoms with E-state index in [1.165, 1.54) is 38.5 Å². The Morgan fingerprint density at radius 3 is 1.25 bits per heavy atom. The fraction of sp³-hybridized carbons (Fsp3) is 0.529.